The zero-order valence-electron chi connectivity index (χ0n) is 26.3. The molecule has 1 atom stereocenters. The minimum absolute atomic E-state index is 0.114. The molecule has 3 rings (SSSR count). The first-order valence-electron chi connectivity index (χ1n) is 15.4. The molecule has 0 spiro atoms. The fourth-order valence-electron chi connectivity index (χ4n) is 5.45. The van der Waals surface area contributed by atoms with Gasteiger partial charge in [-0.1, -0.05) is 87.4 Å². The van der Waals surface area contributed by atoms with E-state index in [0.717, 1.165) is 60.3 Å². The number of aliphatic imine (C=N–C) groups is 1. The maximum absolute atomic E-state index is 12.9. The number of allylic oxidation sites excluding steroid dienone is 9. The van der Waals surface area contributed by atoms with Gasteiger partial charge in [-0.3, -0.25) is 14.8 Å². The third kappa shape index (κ3) is 9.11. The number of hydrogen-bond acceptors (Lipinski definition) is 4. The van der Waals surface area contributed by atoms with E-state index in [9.17, 15) is 4.79 Å². The van der Waals surface area contributed by atoms with Crippen molar-refractivity contribution >= 4 is 22.8 Å². The van der Waals surface area contributed by atoms with E-state index in [1.54, 1.807) is 6.08 Å². The summed E-state index contributed by atoms with van der Waals surface area (Å²) in [6, 6.07) is 1.99. The van der Waals surface area contributed by atoms with Crippen LogP contribution in [0.5, 0.6) is 0 Å². The second-order valence-electron chi connectivity index (χ2n) is 11.6. The molecule has 4 nitrogen and oxygen atoms in total. The second-order valence-corrected chi connectivity index (χ2v) is 11.6. The van der Waals surface area contributed by atoms with Crippen molar-refractivity contribution in [2.75, 3.05) is 13.1 Å². The molecule has 0 aromatic carbocycles. The summed E-state index contributed by atoms with van der Waals surface area (Å²) in [7, 11) is 0. The first-order chi connectivity index (χ1) is 20.2. The van der Waals surface area contributed by atoms with Crippen molar-refractivity contribution in [3.8, 4) is 0 Å². The lowest BCUT2D eigenvalue weighted by Gasteiger charge is -2.28. The van der Waals surface area contributed by atoms with Crippen LogP contribution in [-0.2, 0) is 11.2 Å². The van der Waals surface area contributed by atoms with Gasteiger partial charge in [-0.15, -0.1) is 0 Å². The van der Waals surface area contributed by atoms with Gasteiger partial charge in [0.2, 0.25) is 0 Å². The molecule has 0 unspecified atom stereocenters. The van der Waals surface area contributed by atoms with Gasteiger partial charge in [0.15, 0.2) is 5.78 Å². The largest absolute Gasteiger partial charge is 0.371 e. The van der Waals surface area contributed by atoms with Crippen molar-refractivity contribution in [1.82, 2.24) is 9.88 Å². The first kappa shape index (κ1) is 32.7. The minimum Gasteiger partial charge on any atom is -0.371 e. The number of carbonyl (C=O) groups excluding carboxylic acids is 1. The molecule has 42 heavy (non-hydrogen) atoms. The van der Waals surface area contributed by atoms with Gasteiger partial charge in [-0.05, 0) is 87.3 Å². The highest BCUT2D eigenvalue weighted by Crippen LogP contribution is 2.29. The quantitative estimate of drug-likeness (QED) is 0.110. The van der Waals surface area contributed by atoms with Crippen LogP contribution in [-0.4, -0.2) is 34.5 Å². The van der Waals surface area contributed by atoms with Crippen LogP contribution in [0.1, 0.15) is 89.5 Å². The Bertz CT molecular complexity index is 1360. The number of carbonyl (C=O) groups is 1. The van der Waals surface area contributed by atoms with Gasteiger partial charge in [0.25, 0.3) is 0 Å². The number of hydrogen-bond donors (Lipinski definition) is 0. The fraction of sp³-hybridized carbons (Fsp3) is 0.395. The van der Waals surface area contributed by atoms with E-state index in [1.165, 1.54) is 37.0 Å². The van der Waals surface area contributed by atoms with Crippen LogP contribution in [0, 0.1) is 5.92 Å². The highest BCUT2D eigenvalue weighted by atomic mass is 16.1. The number of likely N-dealkylation sites (tertiary alicyclic amines) is 1. The molecule has 1 fully saturated rings. The Labute approximate surface area is 254 Å². The van der Waals surface area contributed by atoms with Crippen LogP contribution in [0.25, 0.3) is 11.3 Å². The number of unbranched alkanes of at least 4 members (excludes halogenated alkanes) is 2. The first-order valence-corrected chi connectivity index (χ1v) is 15.4. The third-order valence-electron chi connectivity index (χ3n) is 8.16. The summed E-state index contributed by atoms with van der Waals surface area (Å²) in [4.78, 5) is 25.1. The predicted octanol–water partition coefficient (Wildman–Crippen LogP) is 9.41. The van der Waals surface area contributed by atoms with Gasteiger partial charge in [-0.2, -0.15) is 0 Å². The number of pyridine rings is 1. The second kappa shape index (κ2) is 16.0. The molecule has 3 heterocycles. The summed E-state index contributed by atoms with van der Waals surface area (Å²) >= 11 is 0. The zero-order valence-corrected chi connectivity index (χ0v) is 26.3. The van der Waals surface area contributed by atoms with E-state index >= 15 is 0 Å². The van der Waals surface area contributed by atoms with Crippen LogP contribution in [0.2, 0.25) is 0 Å². The highest BCUT2D eigenvalue weighted by Gasteiger charge is 2.22. The summed E-state index contributed by atoms with van der Waals surface area (Å²) in [5.41, 5.74) is 9.24. The van der Waals surface area contributed by atoms with E-state index in [2.05, 4.69) is 63.3 Å². The molecule has 1 aromatic heterocycles. The Morgan fingerprint density at radius 2 is 2.00 bits per heavy atom. The molecule has 0 radical (unpaired) electrons. The van der Waals surface area contributed by atoms with Crippen LogP contribution in [0.3, 0.4) is 0 Å². The highest BCUT2D eigenvalue weighted by molar-refractivity contribution is 6.15. The maximum Gasteiger partial charge on any atom is 0.183 e. The predicted molar refractivity (Wildman–Crippen MR) is 181 cm³/mol. The van der Waals surface area contributed by atoms with Crippen LogP contribution >= 0.6 is 0 Å². The Morgan fingerprint density at radius 1 is 1.21 bits per heavy atom. The lowest BCUT2D eigenvalue weighted by atomic mass is 9.92. The summed E-state index contributed by atoms with van der Waals surface area (Å²) in [5, 5.41) is 0. The molecular formula is C38H49N3O. The summed E-state index contributed by atoms with van der Waals surface area (Å²) < 4.78 is 0. The number of nitrogens with zero attached hydrogens (tertiary/aromatic N) is 3. The molecule has 0 amide bonds. The minimum atomic E-state index is -0.114. The molecule has 0 aliphatic carbocycles. The summed E-state index contributed by atoms with van der Waals surface area (Å²) in [6.07, 6.45) is 22.1. The number of aromatic nitrogens is 1. The topological polar surface area (TPSA) is 45.6 Å². The van der Waals surface area contributed by atoms with Gasteiger partial charge in [-0.25, -0.2) is 0 Å². The third-order valence-corrected chi connectivity index (χ3v) is 8.16. The molecule has 0 N–H and O–H groups in total. The van der Waals surface area contributed by atoms with E-state index < -0.39 is 0 Å². The molecule has 4 heteroatoms. The fourth-order valence-corrected chi connectivity index (χ4v) is 5.45. The van der Waals surface area contributed by atoms with Crippen molar-refractivity contribution in [3.63, 3.8) is 0 Å². The van der Waals surface area contributed by atoms with Crippen molar-refractivity contribution in [1.29, 1.82) is 0 Å². The van der Waals surface area contributed by atoms with Gasteiger partial charge < -0.3 is 4.90 Å². The van der Waals surface area contributed by atoms with E-state index in [-0.39, 0.29) is 5.78 Å². The average molecular weight is 564 g/mol. The SMILES string of the molecule is C=C/C(C)=C\Cc1cnc(C2=CC(=O)C(=C)CC(/C=C\C(=C/C)N3CCCC(=C)[C@H](CCCCC)C3)=N2)cc1C(=C)C. The monoisotopic (exact) mass is 563 g/mol. The maximum atomic E-state index is 12.9. The molecule has 0 saturated carbocycles. The van der Waals surface area contributed by atoms with Gasteiger partial charge in [0, 0.05) is 43.2 Å². The molecule has 2 aliphatic heterocycles. The molecular weight excluding hydrogens is 514 g/mol. The Balaban J connectivity index is 1.89. The molecule has 0 bridgehead atoms. The number of ketones is 1. The van der Waals surface area contributed by atoms with Crippen LogP contribution < -0.4 is 0 Å². The van der Waals surface area contributed by atoms with Crippen LogP contribution in [0.4, 0.5) is 0 Å². The molecule has 2 aliphatic rings. The Kier molecular flexibility index (Phi) is 12.5. The van der Waals surface area contributed by atoms with Gasteiger partial charge in [0.1, 0.15) is 0 Å². The Hall–Kier alpha value is -3.79. The van der Waals surface area contributed by atoms with Crippen molar-refractivity contribution in [2.45, 2.75) is 79.1 Å². The summed E-state index contributed by atoms with van der Waals surface area (Å²) in [6.45, 7) is 26.9. The number of rotatable bonds is 12. The van der Waals surface area contributed by atoms with E-state index in [4.69, 9.17) is 9.98 Å². The smallest absolute Gasteiger partial charge is 0.183 e. The van der Waals surface area contributed by atoms with Crippen LogP contribution in [0.15, 0.2) is 102 Å². The van der Waals surface area contributed by atoms with E-state index in [1.807, 2.05) is 38.3 Å². The Morgan fingerprint density at radius 3 is 2.69 bits per heavy atom. The van der Waals surface area contributed by atoms with Gasteiger partial charge in [0.05, 0.1) is 11.4 Å². The summed E-state index contributed by atoms with van der Waals surface area (Å²) in [5.74, 6) is 0.411. The lowest BCUT2D eigenvalue weighted by molar-refractivity contribution is -0.111. The van der Waals surface area contributed by atoms with Crippen molar-refractivity contribution in [3.05, 3.63) is 114 Å². The van der Waals surface area contributed by atoms with Crippen molar-refractivity contribution < 1.29 is 4.79 Å². The molecule has 222 valence electrons. The van der Waals surface area contributed by atoms with Gasteiger partial charge >= 0.3 is 0 Å². The molecule has 1 aromatic rings. The zero-order chi connectivity index (χ0) is 30.6. The van der Waals surface area contributed by atoms with Crippen molar-refractivity contribution in [2.24, 2.45) is 10.9 Å². The van der Waals surface area contributed by atoms with E-state index in [0.29, 0.717) is 29.3 Å². The standard InChI is InChI=1S/C38H49N3O/c1-9-12-13-16-32-26-41(21-14-15-29(32)7)34(11-3)20-19-33-22-30(8)38(42)24-37(40-33)36-23-35(27(4)5)31(25-39-36)18-17-28(6)10-2/h10-11,17,19-20,23-25,32H,2,4,7-9,12-16,18,21-22,26H2,1,3,5-6H3/b20-19-,28-17-,34-11+/t32-/m1/s1. The normalized spacial score (nSPS) is 19.0. The average Bonchev–Trinajstić information content (AvgIpc) is 3.24. The lowest BCUT2D eigenvalue weighted by Crippen LogP contribution is -2.27. The molecule has 1 saturated heterocycles.